The van der Waals surface area contributed by atoms with E-state index >= 15 is 0 Å². The van der Waals surface area contributed by atoms with Crippen LogP contribution in [0.1, 0.15) is 29.8 Å². The van der Waals surface area contributed by atoms with Gasteiger partial charge in [-0.05, 0) is 31.0 Å². The van der Waals surface area contributed by atoms with Crippen LogP contribution in [0.5, 0.6) is 5.75 Å². The zero-order valence-corrected chi connectivity index (χ0v) is 17.5. The summed E-state index contributed by atoms with van der Waals surface area (Å²) in [6.07, 6.45) is 5.53. The molecule has 4 heterocycles. The van der Waals surface area contributed by atoms with Crippen LogP contribution in [0.25, 0.3) is 10.9 Å². The summed E-state index contributed by atoms with van der Waals surface area (Å²) in [5.74, 6) is 0.410. The van der Waals surface area contributed by atoms with Crippen molar-refractivity contribution in [3.63, 3.8) is 0 Å². The summed E-state index contributed by atoms with van der Waals surface area (Å²) in [5, 5.41) is 5.28. The van der Waals surface area contributed by atoms with Gasteiger partial charge in [-0.2, -0.15) is 5.10 Å². The van der Waals surface area contributed by atoms with Crippen molar-refractivity contribution in [2.45, 2.75) is 31.4 Å². The van der Waals surface area contributed by atoms with Crippen molar-refractivity contribution in [3.05, 3.63) is 54.5 Å². The molecule has 2 amide bonds. The monoisotopic (exact) mass is 419 g/mol. The maximum absolute atomic E-state index is 13.6. The second-order valence-corrected chi connectivity index (χ2v) is 8.16. The normalized spacial score (nSPS) is 21.1. The smallest absolute Gasteiger partial charge is 0.275 e. The molecule has 0 bridgehead atoms. The number of ether oxygens (including phenoxy) is 1. The Labute approximate surface area is 180 Å². The molecule has 0 aliphatic carbocycles. The molecule has 1 aromatic carbocycles. The van der Waals surface area contributed by atoms with E-state index in [1.54, 1.807) is 28.0 Å². The Balaban J connectivity index is 1.45. The molecule has 0 radical (unpaired) electrons. The van der Waals surface area contributed by atoms with E-state index < -0.39 is 6.04 Å². The molecule has 8 heteroatoms. The average molecular weight is 419 g/mol. The van der Waals surface area contributed by atoms with Crippen LogP contribution in [0.4, 0.5) is 0 Å². The Morgan fingerprint density at radius 3 is 2.68 bits per heavy atom. The number of para-hydroxylation sites is 1. The molecule has 8 nitrogen and oxygen atoms in total. The highest BCUT2D eigenvalue weighted by atomic mass is 16.5. The van der Waals surface area contributed by atoms with E-state index in [2.05, 4.69) is 10.1 Å². The van der Waals surface area contributed by atoms with E-state index in [-0.39, 0.29) is 17.9 Å². The quantitative estimate of drug-likeness (QED) is 0.648. The lowest BCUT2D eigenvalue weighted by atomic mass is 10.1. The van der Waals surface area contributed by atoms with Crippen LogP contribution in [0.15, 0.2) is 48.8 Å². The summed E-state index contributed by atoms with van der Waals surface area (Å²) in [4.78, 5) is 34.5. The number of likely N-dealkylation sites (tertiary alicyclic amines) is 2. The first-order valence-corrected chi connectivity index (χ1v) is 10.7. The fraction of sp³-hybridized carbons (Fsp3) is 0.391. The second kappa shape index (κ2) is 8.02. The minimum absolute atomic E-state index is 0.00312. The second-order valence-electron chi connectivity index (χ2n) is 8.16. The summed E-state index contributed by atoms with van der Waals surface area (Å²) < 4.78 is 7.78. The van der Waals surface area contributed by atoms with E-state index in [1.165, 1.54) is 0 Å². The number of nitrogens with zero attached hydrogens (tertiary/aromatic N) is 5. The molecule has 2 aliphatic heterocycles. The lowest BCUT2D eigenvalue weighted by Crippen LogP contribution is -2.47. The summed E-state index contributed by atoms with van der Waals surface area (Å²) >= 11 is 0. The molecule has 2 saturated heterocycles. The van der Waals surface area contributed by atoms with E-state index in [4.69, 9.17) is 4.74 Å². The highest BCUT2D eigenvalue weighted by molar-refractivity contribution is 6.06. The molecule has 2 fully saturated rings. The molecule has 5 rings (SSSR count). The lowest BCUT2D eigenvalue weighted by Gasteiger charge is -2.26. The van der Waals surface area contributed by atoms with Gasteiger partial charge in [0.2, 0.25) is 5.91 Å². The van der Waals surface area contributed by atoms with Crippen LogP contribution in [0, 0.1) is 0 Å². The molecule has 2 atom stereocenters. The van der Waals surface area contributed by atoms with Crippen LogP contribution < -0.4 is 4.74 Å². The van der Waals surface area contributed by atoms with Gasteiger partial charge in [-0.25, -0.2) is 0 Å². The average Bonchev–Trinajstić information content (AvgIpc) is 3.53. The third-order valence-corrected chi connectivity index (χ3v) is 6.12. The highest BCUT2D eigenvalue weighted by Crippen LogP contribution is 2.28. The van der Waals surface area contributed by atoms with Crippen LogP contribution in [-0.4, -0.2) is 68.2 Å². The van der Waals surface area contributed by atoms with Gasteiger partial charge in [0.05, 0.1) is 18.3 Å². The Morgan fingerprint density at radius 1 is 1.10 bits per heavy atom. The van der Waals surface area contributed by atoms with Gasteiger partial charge in [0, 0.05) is 38.1 Å². The van der Waals surface area contributed by atoms with Gasteiger partial charge in [-0.15, -0.1) is 0 Å². The van der Waals surface area contributed by atoms with Gasteiger partial charge in [0.15, 0.2) is 5.69 Å². The number of pyridine rings is 1. The maximum Gasteiger partial charge on any atom is 0.275 e. The molecular weight excluding hydrogens is 394 g/mol. The number of amides is 2. The lowest BCUT2D eigenvalue weighted by molar-refractivity contribution is -0.134. The molecule has 2 aliphatic rings. The number of rotatable bonds is 4. The van der Waals surface area contributed by atoms with Gasteiger partial charge in [0.1, 0.15) is 17.9 Å². The number of benzene rings is 1. The van der Waals surface area contributed by atoms with Gasteiger partial charge >= 0.3 is 0 Å². The number of fused-ring (bicyclic) bond motifs is 1. The molecule has 31 heavy (non-hydrogen) atoms. The molecule has 160 valence electrons. The molecule has 0 unspecified atom stereocenters. The largest absolute Gasteiger partial charge is 0.487 e. The fourth-order valence-electron chi connectivity index (χ4n) is 4.61. The van der Waals surface area contributed by atoms with Crippen LogP contribution in [0.3, 0.4) is 0 Å². The molecular formula is C23H25N5O3. The number of carbonyl (C=O) groups excluding carboxylic acids is 2. The molecule has 0 N–H and O–H groups in total. The third-order valence-electron chi connectivity index (χ3n) is 6.12. The summed E-state index contributed by atoms with van der Waals surface area (Å²) in [6, 6.07) is 10.7. The van der Waals surface area contributed by atoms with Crippen LogP contribution in [-0.2, 0) is 11.8 Å². The van der Waals surface area contributed by atoms with Crippen LogP contribution in [0.2, 0.25) is 0 Å². The first-order valence-electron chi connectivity index (χ1n) is 10.7. The van der Waals surface area contributed by atoms with E-state index in [1.807, 2.05) is 42.3 Å². The number of aromatic nitrogens is 3. The minimum Gasteiger partial charge on any atom is -0.487 e. The predicted molar refractivity (Wildman–Crippen MR) is 115 cm³/mol. The topological polar surface area (TPSA) is 80.6 Å². The van der Waals surface area contributed by atoms with E-state index in [9.17, 15) is 9.59 Å². The summed E-state index contributed by atoms with van der Waals surface area (Å²) in [6.45, 7) is 1.83. The molecule has 3 aromatic rings. The highest BCUT2D eigenvalue weighted by Gasteiger charge is 2.44. The third kappa shape index (κ3) is 3.62. The van der Waals surface area contributed by atoms with Crippen LogP contribution >= 0.6 is 0 Å². The van der Waals surface area contributed by atoms with Gasteiger partial charge in [0.25, 0.3) is 5.91 Å². The first kappa shape index (κ1) is 19.5. The number of carbonyl (C=O) groups is 2. The van der Waals surface area contributed by atoms with Crippen molar-refractivity contribution in [1.82, 2.24) is 24.6 Å². The maximum atomic E-state index is 13.6. The van der Waals surface area contributed by atoms with Crippen molar-refractivity contribution < 1.29 is 14.3 Å². The number of hydrogen-bond donors (Lipinski definition) is 0. The van der Waals surface area contributed by atoms with Crippen molar-refractivity contribution in [2.75, 3.05) is 19.6 Å². The van der Waals surface area contributed by atoms with E-state index in [0.29, 0.717) is 24.4 Å². The number of aryl methyl sites for hydroxylation is 1. The van der Waals surface area contributed by atoms with Gasteiger partial charge < -0.3 is 14.5 Å². The van der Waals surface area contributed by atoms with Gasteiger partial charge in [-0.1, -0.05) is 18.2 Å². The van der Waals surface area contributed by atoms with Gasteiger partial charge in [-0.3, -0.25) is 19.3 Å². The van der Waals surface area contributed by atoms with Crippen molar-refractivity contribution in [3.8, 4) is 5.75 Å². The summed E-state index contributed by atoms with van der Waals surface area (Å²) in [7, 11) is 1.82. The summed E-state index contributed by atoms with van der Waals surface area (Å²) in [5.41, 5.74) is 1.26. The molecule has 2 aromatic heterocycles. The standard InChI is InChI=1S/C23H25N5O3/c1-26-19-9-3-2-8-18(19)21(25-26)23(30)28-15-17(31-16-7-6-10-24-14-16)13-20(28)22(29)27-11-4-5-12-27/h2-3,6-10,14,17,20H,4-5,11-13,15H2,1H3/t17-,20-/m0/s1. The Hall–Kier alpha value is -3.42. The molecule has 0 spiro atoms. The number of hydrogen-bond acceptors (Lipinski definition) is 5. The van der Waals surface area contributed by atoms with E-state index in [0.717, 1.165) is 36.8 Å². The minimum atomic E-state index is -0.548. The SMILES string of the molecule is Cn1nc(C(=O)N2C[C@@H](Oc3cccnc3)C[C@H]2C(=O)N2CCCC2)c2ccccc21. The van der Waals surface area contributed by atoms with Crippen molar-refractivity contribution in [2.24, 2.45) is 7.05 Å². The van der Waals surface area contributed by atoms with Crippen molar-refractivity contribution in [1.29, 1.82) is 0 Å². The fourth-order valence-corrected chi connectivity index (χ4v) is 4.61. The zero-order valence-electron chi connectivity index (χ0n) is 17.5. The molecule has 0 saturated carbocycles. The Kier molecular flexibility index (Phi) is 5.05. The van der Waals surface area contributed by atoms with Crippen molar-refractivity contribution >= 4 is 22.7 Å². The zero-order chi connectivity index (χ0) is 21.4. The predicted octanol–water partition coefficient (Wildman–Crippen LogP) is 2.25. The first-order chi connectivity index (χ1) is 15.1. The Morgan fingerprint density at radius 2 is 1.90 bits per heavy atom. The Bertz CT molecular complexity index is 1110.